The second-order valence-corrected chi connectivity index (χ2v) is 5.20. The van der Waals surface area contributed by atoms with Crippen LogP contribution < -0.4 is 10.1 Å². The standard InChI is InChI=1S/C17H19F2NO/c1-12(2)20-10-13-3-6-16(7-4-13)21-11-14-9-15(18)5-8-17(14)19/h3-9,12,20H,10-11H2,1-2H3. The molecule has 0 aliphatic rings. The number of halogens is 2. The van der Waals surface area contributed by atoms with Crippen molar-refractivity contribution >= 4 is 0 Å². The molecule has 0 aliphatic carbocycles. The first-order valence-electron chi connectivity index (χ1n) is 6.93. The van der Waals surface area contributed by atoms with Crippen LogP contribution in [-0.4, -0.2) is 6.04 Å². The predicted molar refractivity (Wildman–Crippen MR) is 79.1 cm³/mol. The lowest BCUT2D eigenvalue weighted by Gasteiger charge is -2.10. The van der Waals surface area contributed by atoms with Crippen LogP contribution in [0.5, 0.6) is 5.75 Å². The Bertz CT molecular complexity index is 582. The third-order valence-corrected chi connectivity index (χ3v) is 3.04. The van der Waals surface area contributed by atoms with Gasteiger partial charge < -0.3 is 10.1 Å². The minimum absolute atomic E-state index is 0.00713. The van der Waals surface area contributed by atoms with Gasteiger partial charge in [-0.15, -0.1) is 0 Å². The summed E-state index contributed by atoms with van der Waals surface area (Å²) in [6, 6.07) is 11.3. The van der Waals surface area contributed by atoms with E-state index in [1.165, 1.54) is 0 Å². The molecular weight excluding hydrogens is 272 g/mol. The summed E-state index contributed by atoms with van der Waals surface area (Å²) in [7, 11) is 0. The molecule has 112 valence electrons. The average Bonchev–Trinajstić information content (AvgIpc) is 2.47. The third kappa shape index (κ3) is 4.83. The zero-order valence-electron chi connectivity index (χ0n) is 12.2. The fourth-order valence-corrected chi connectivity index (χ4v) is 1.84. The molecule has 0 atom stereocenters. The highest BCUT2D eigenvalue weighted by atomic mass is 19.1. The van der Waals surface area contributed by atoms with E-state index in [2.05, 4.69) is 19.2 Å². The molecule has 0 aromatic heterocycles. The monoisotopic (exact) mass is 291 g/mol. The highest BCUT2D eigenvalue weighted by Gasteiger charge is 2.05. The second-order valence-electron chi connectivity index (χ2n) is 5.20. The van der Waals surface area contributed by atoms with E-state index in [1.807, 2.05) is 24.3 Å². The zero-order valence-corrected chi connectivity index (χ0v) is 12.2. The molecule has 0 saturated heterocycles. The molecule has 0 saturated carbocycles. The Labute approximate surface area is 123 Å². The molecule has 0 aliphatic heterocycles. The molecule has 0 spiro atoms. The summed E-state index contributed by atoms with van der Waals surface area (Å²) in [5, 5.41) is 3.32. The van der Waals surface area contributed by atoms with Gasteiger partial charge >= 0.3 is 0 Å². The highest BCUT2D eigenvalue weighted by molar-refractivity contribution is 5.28. The van der Waals surface area contributed by atoms with Gasteiger partial charge in [-0.25, -0.2) is 8.78 Å². The summed E-state index contributed by atoms with van der Waals surface area (Å²) in [5.41, 5.74) is 1.36. The van der Waals surface area contributed by atoms with Crippen LogP contribution in [0.4, 0.5) is 8.78 Å². The van der Waals surface area contributed by atoms with Crippen LogP contribution in [0.1, 0.15) is 25.0 Å². The van der Waals surface area contributed by atoms with Gasteiger partial charge in [-0.1, -0.05) is 26.0 Å². The van der Waals surface area contributed by atoms with Crippen molar-refractivity contribution < 1.29 is 13.5 Å². The fraction of sp³-hybridized carbons (Fsp3) is 0.294. The van der Waals surface area contributed by atoms with Crippen molar-refractivity contribution in [2.45, 2.75) is 33.0 Å². The fourth-order valence-electron chi connectivity index (χ4n) is 1.84. The maximum atomic E-state index is 13.5. The molecule has 1 N–H and O–H groups in total. The summed E-state index contributed by atoms with van der Waals surface area (Å²) < 4.78 is 32.0. The Balaban J connectivity index is 1.93. The molecule has 2 nitrogen and oxygen atoms in total. The topological polar surface area (TPSA) is 21.3 Å². The van der Waals surface area contributed by atoms with E-state index in [-0.39, 0.29) is 12.2 Å². The first-order chi connectivity index (χ1) is 10.0. The van der Waals surface area contributed by atoms with Gasteiger partial charge in [-0.2, -0.15) is 0 Å². The number of hydrogen-bond acceptors (Lipinski definition) is 2. The number of benzene rings is 2. The van der Waals surface area contributed by atoms with Gasteiger partial charge in [0.05, 0.1) is 0 Å². The quantitative estimate of drug-likeness (QED) is 0.867. The van der Waals surface area contributed by atoms with E-state index in [9.17, 15) is 8.78 Å². The molecule has 0 bridgehead atoms. The van der Waals surface area contributed by atoms with Crippen LogP contribution in [0.3, 0.4) is 0 Å². The molecule has 2 rings (SSSR count). The number of hydrogen-bond donors (Lipinski definition) is 1. The smallest absolute Gasteiger partial charge is 0.130 e. The summed E-state index contributed by atoms with van der Waals surface area (Å²) >= 11 is 0. The lowest BCUT2D eigenvalue weighted by atomic mass is 10.2. The Morgan fingerprint density at radius 1 is 1.05 bits per heavy atom. The minimum atomic E-state index is -0.467. The van der Waals surface area contributed by atoms with Crippen molar-refractivity contribution in [3.8, 4) is 5.75 Å². The van der Waals surface area contributed by atoms with E-state index >= 15 is 0 Å². The molecule has 0 radical (unpaired) electrons. The van der Waals surface area contributed by atoms with Gasteiger partial charge in [-0.05, 0) is 35.9 Å². The Hall–Kier alpha value is -1.94. The van der Waals surface area contributed by atoms with Crippen molar-refractivity contribution in [1.82, 2.24) is 5.32 Å². The molecular formula is C17H19F2NO. The maximum Gasteiger partial charge on any atom is 0.130 e. The molecule has 4 heteroatoms. The van der Waals surface area contributed by atoms with Crippen LogP contribution in [0.15, 0.2) is 42.5 Å². The van der Waals surface area contributed by atoms with E-state index in [1.54, 1.807) is 0 Å². The van der Waals surface area contributed by atoms with Gasteiger partial charge in [0.2, 0.25) is 0 Å². The van der Waals surface area contributed by atoms with Gasteiger partial charge in [0, 0.05) is 18.2 Å². The highest BCUT2D eigenvalue weighted by Crippen LogP contribution is 2.16. The Kier molecular flexibility index (Phi) is 5.28. The predicted octanol–water partition coefficient (Wildman–Crippen LogP) is 4.04. The van der Waals surface area contributed by atoms with E-state index in [0.29, 0.717) is 11.8 Å². The van der Waals surface area contributed by atoms with Gasteiger partial charge in [0.15, 0.2) is 0 Å². The van der Waals surface area contributed by atoms with Crippen LogP contribution in [0, 0.1) is 11.6 Å². The summed E-state index contributed by atoms with van der Waals surface area (Å²) in [4.78, 5) is 0. The molecule has 0 amide bonds. The molecule has 2 aromatic carbocycles. The van der Waals surface area contributed by atoms with Crippen LogP contribution in [0.2, 0.25) is 0 Å². The van der Waals surface area contributed by atoms with Crippen LogP contribution in [0.25, 0.3) is 0 Å². The average molecular weight is 291 g/mol. The van der Waals surface area contributed by atoms with E-state index in [0.717, 1.165) is 30.3 Å². The number of nitrogens with one attached hydrogen (secondary N) is 1. The lowest BCUT2D eigenvalue weighted by molar-refractivity contribution is 0.299. The maximum absolute atomic E-state index is 13.5. The van der Waals surface area contributed by atoms with Gasteiger partial charge in [-0.3, -0.25) is 0 Å². The van der Waals surface area contributed by atoms with Gasteiger partial charge in [0.1, 0.15) is 24.0 Å². The van der Waals surface area contributed by atoms with Crippen molar-refractivity contribution in [3.05, 3.63) is 65.2 Å². The summed E-state index contributed by atoms with van der Waals surface area (Å²) in [6.45, 7) is 4.97. The van der Waals surface area contributed by atoms with Crippen LogP contribution >= 0.6 is 0 Å². The SMILES string of the molecule is CC(C)NCc1ccc(OCc2cc(F)ccc2F)cc1. The minimum Gasteiger partial charge on any atom is -0.489 e. The van der Waals surface area contributed by atoms with Crippen LogP contribution in [-0.2, 0) is 13.2 Å². The van der Waals surface area contributed by atoms with E-state index < -0.39 is 11.6 Å². The largest absolute Gasteiger partial charge is 0.489 e. The third-order valence-electron chi connectivity index (χ3n) is 3.04. The summed E-state index contributed by atoms with van der Waals surface area (Å²) in [5.74, 6) is -0.300. The van der Waals surface area contributed by atoms with Crippen molar-refractivity contribution in [3.63, 3.8) is 0 Å². The molecule has 2 aromatic rings. The van der Waals surface area contributed by atoms with Crippen molar-refractivity contribution in [2.24, 2.45) is 0 Å². The Morgan fingerprint density at radius 3 is 2.43 bits per heavy atom. The molecule has 0 heterocycles. The lowest BCUT2D eigenvalue weighted by Crippen LogP contribution is -2.21. The molecule has 21 heavy (non-hydrogen) atoms. The summed E-state index contributed by atoms with van der Waals surface area (Å²) in [6.07, 6.45) is 0. The molecule has 0 fully saturated rings. The second kappa shape index (κ2) is 7.18. The zero-order chi connectivity index (χ0) is 15.2. The normalized spacial score (nSPS) is 10.9. The van der Waals surface area contributed by atoms with E-state index in [4.69, 9.17) is 4.74 Å². The van der Waals surface area contributed by atoms with Gasteiger partial charge in [0.25, 0.3) is 0 Å². The van der Waals surface area contributed by atoms with Crippen molar-refractivity contribution in [1.29, 1.82) is 0 Å². The number of ether oxygens (including phenoxy) is 1. The van der Waals surface area contributed by atoms with Crippen molar-refractivity contribution in [2.75, 3.05) is 0 Å². The molecule has 0 unspecified atom stereocenters. The number of rotatable bonds is 6. The first kappa shape index (κ1) is 15.4. The Morgan fingerprint density at radius 2 is 1.76 bits per heavy atom. The first-order valence-corrected chi connectivity index (χ1v) is 6.93.